The second-order valence-corrected chi connectivity index (χ2v) is 5.63. The molecular weight excluding hydrogens is 320 g/mol. The molecule has 0 amide bonds. The summed E-state index contributed by atoms with van der Waals surface area (Å²) in [6.45, 7) is 0.812. The van der Waals surface area contributed by atoms with Gasteiger partial charge in [-0.1, -0.05) is 48.6 Å². The van der Waals surface area contributed by atoms with E-state index in [0.717, 1.165) is 22.3 Å². The maximum absolute atomic E-state index is 5.82. The van der Waals surface area contributed by atoms with E-state index >= 15 is 0 Å². The van der Waals surface area contributed by atoms with Crippen molar-refractivity contribution < 1.29 is 0 Å². The fourth-order valence-corrected chi connectivity index (χ4v) is 2.93. The average Bonchev–Trinajstić information content (AvgIpc) is 2.39. The Kier molecular flexibility index (Phi) is 4.56. The molecule has 0 aliphatic rings. The molecule has 0 saturated heterocycles. The molecule has 98 valence electrons. The number of hydrogen-bond acceptors (Lipinski definition) is 2. The van der Waals surface area contributed by atoms with Gasteiger partial charge in [0, 0.05) is 29.3 Å². The van der Waals surface area contributed by atoms with Gasteiger partial charge in [0.25, 0.3) is 0 Å². The van der Waals surface area contributed by atoms with Crippen molar-refractivity contribution in [2.24, 2.45) is 5.73 Å². The highest BCUT2D eigenvalue weighted by Gasteiger charge is 2.13. The quantitative estimate of drug-likeness (QED) is 0.864. The van der Waals surface area contributed by atoms with E-state index in [1.54, 1.807) is 0 Å². The smallest absolute Gasteiger partial charge is 0.107 e. The lowest BCUT2D eigenvalue weighted by molar-refractivity contribution is 0.921. The van der Waals surface area contributed by atoms with Crippen LogP contribution in [0.4, 0.5) is 5.69 Å². The standard InChI is InChI=1S/C15H15BrN2S/c1-18(10-11-6-3-2-4-7-11)13-9-5-8-12(16)14(13)15(17)19/h2-9H,10H2,1H3,(H2,17,19). The van der Waals surface area contributed by atoms with Crippen molar-refractivity contribution in [2.45, 2.75) is 6.54 Å². The van der Waals surface area contributed by atoms with Crippen LogP contribution in [-0.4, -0.2) is 12.0 Å². The van der Waals surface area contributed by atoms with Gasteiger partial charge in [0.15, 0.2) is 0 Å². The molecule has 2 nitrogen and oxygen atoms in total. The molecule has 0 heterocycles. The molecule has 0 aromatic heterocycles. The molecule has 0 fully saturated rings. The molecule has 0 radical (unpaired) electrons. The van der Waals surface area contributed by atoms with Gasteiger partial charge in [0.05, 0.1) is 0 Å². The van der Waals surface area contributed by atoms with Crippen molar-refractivity contribution in [3.05, 3.63) is 64.1 Å². The lowest BCUT2D eigenvalue weighted by Crippen LogP contribution is -2.21. The highest BCUT2D eigenvalue weighted by molar-refractivity contribution is 9.10. The second kappa shape index (κ2) is 6.17. The van der Waals surface area contributed by atoms with Crippen LogP contribution in [0, 0.1) is 0 Å². The number of nitrogens with two attached hydrogens (primary N) is 1. The molecule has 0 bridgehead atoms. The molecule has 0 aliphatic heterocycles. The molecule has 0 saturated carbocycles. The first kappa shape index (κ1) is 14.0. The Hall–Kier alpha value is -1.39. The number of benzene rings is 2. The first-order valence-electron chi connectivity index (χ1n) is 5.93. The summed E-state index contributed by atoms with van der Waals surface area (Å²) in [5.41, 5.74) is 8.99. The summed E-state index contributed by atoms with van der Waals surface area (Å²) in [7, 11) is 2.04. The zero-order valence-corrected chi connectivity index (χ0v) is 13.0. The minimum Gasteiger partial charge on any atom is -0.389 e. The predicted molar refractivity (Wildman–Crippen MR) is 88.6 cm³/mol. The minimum absolute atomic E-state index is 0.405. The molecule has 0 spiro atoms. The van der Waals surface area contributed by atoms with Crippen molar-refractivity contribution in [1.29, 1.82) is 0 Å². The Bertz CT molecular complexity index is 584. The van der Waals surface area contributed by atoms with Gasteiger partial charge in [-0.2, -0.15) is 0 Å². The third-order valence-corrected chi connectivity index (χ3v) is 3.78. The van der Waals surface area contributed by atoms with E-state index in [-0.39, 0.29) is 0 Å². The number of halogens is 1. The number of hydrogen-bond donors (Lipinski definition) is 1. The summed E-state index contributed by atoms with van der Waals surface area (Å²) < 4.78 is 0.928. The van der Waals surface area contributed by atoms with Crippen LogP contribution in [-0.2, 0) is 6.54 Å². The van der Waals surface area contributed by atoms with Gasteiger partial charge in [0.2, 0.25) is 0 Å². The summed E-state index contributed by atoms with van der Waals surface area (Å²) in [5, 5.41) is 0. The Morgan fingerprint density at radius 1 is 1.16 bits per heavy atom. The van der Waals surface area contributed by atoms with Crippen LogP contribution < -0.4 is 10.6 Å². The summed E-state index contributed by atoms with van der Waals surface area (Å²) >= 11 is 8.65. The van der Waals surface area contributed by atoms with Crippen molar-refractivity contribution in [1.82, 2.24) is 0 Å². The largest absolute Gasteiger partial charge is 0.389 e. The normalized spacial score (nSPS) is 10.2. The first-order valence-corrected chi connectivity index (χ1v) is 7.13. The van der Waals surface area contributed by atoms with E-state index in [1.807, 2.05) is 43.4 Å². The van der Waals surface area contributed by atoms with Crippen LogP contribution in [0.1, 0.15) is 11.1 Å². The van der Waals surface area contributed by atoms with Gasteiger partial charge in [-0.25, -0.2) is 0 Å². The molecule has 2 aromatic rings. The fourth-order valence-electron chi connectivity index (χ4n) is 2.02. The molecular formula is C15H15BrN2S. The van der Waals surface area contributed by atoms with Gasteiger partial charge in [-0.15, -0.1) is 0 Å². The Balaban J connectivity index is 2.31. The van der Waals surface area contributed by atoms with E-state index in [0.29, 0.717) is 4.99 Å². The van der Waals surface area contributed by atoms with Crippen LogP contribution in [0.25, 0.3) is 0 Å². The van der Waals surface area contributed by atoms with Crippen molar-refractivity contribution >= 4 is 38.8 Å². The SMILES string of the molecule is CN(Cc1ccccc1)c1cccc(Br)c1C(N)=S. The monoisotopic (exact) mass is 334 g/mol. The summed E-state index contributed by atoms with van der Waals surface area (Å²) in [4.78, 5) is 2.55. The maximum atomic E-state index is 5.82. The summed E-state index contributed by atoms with van der Waals surface area (Å²) in [5.74, 6) is 0. The molecule has 0 atom stereocenters. The Morgan fingerprint density at radius 3 is 2.47 bits per heavy atom. The lowest BCUT2D eigenvalue weighted by atomic mass is 10.1. The van der Waals surface area contributed by atoms with Crippen molar-refractivity contribution in [2.75, 3.05) is 11.9 Å². The summed E-state index contributed by atoms with van der Waals surface area (Å²) in [6, 6.07) is 16.3. The molecule has 19 heavy (non-hydrogen) atoms. The highest BCUT2D eigenvalue weighted by atomic mass is 79.9. The second-order valence-electron chi connectivity index (χ2n) is 4.34. The number of anilines is 1. The van der Waals surface area contributed by atoms with E-state index in [9.17, 15) is 0 Å². The van der Waals surface area contributed by atoms with E-state index in [4.69, 9.17) is 18.0 Å². The number of thiocarbonyl (C=S) groups is 1. The number of nitrogens with zero attached hydrogens (tertiary/aromatic N) is 1. The third kappa shape index (κ3) is 3.33. The fraction of sp³-hybridized carbons (Fsp3) is 0.133. The zero-order valence-electron chi connectivity index (χ0n) is 10.6. The molecule has 2 rings (SSSR count). The molecule has 4 heteroatoms. The predicted octanol–water partition coefficient (Wildman–Crippen LogP) is 3.72. The highest BCUT2D eigenvalue weighted by Crippen LogP contribution is 2.28. The van der Waals surface area contributed by atoms with Crippen LogP contribution in [0.5, 0.6) is 0 Å². The van der Waals surface area contributed by atoms with Crippen molar-refractivity contribution in [3.8, 4) is 0 Å². The van der Waals surface area contributed by atoms with Crippen LogP contribution in [0.3, 0.4) is 0 Å². The van der Waals surface area contributed by atoms with Gasteiger partial charge < -0.3 is 10.6 Å². The van der Waals surface area contributed by atoms with E-state index in [2.05, 4.69) is 33.0 Å². The lowest BCUT2D eigenvalue weighted by Gasteiger charge is -2.23. The topological polar surface area (TPSA) is 29.3 Å². The van der Waals surface area contributed by atoms with Crippen molar-refractivity contribution in [3.63, 3.8) is 0 Å². The Labute approximate surface area is 127 Å². The zero-order chi connectivity index (χ0) is 13.8. The molecule has 0 aliphatic carbocycles. The van der Waals surface area contributed by atoms with Gasteiger partial charge >= 0.3 is 0 Å². The molecule has 2 aromatic carbocycles. The Morgan fingerprint density at radius 2 is 1.84 bits per heavy atom. The van der Waals surface area contributed by atoms with Crippen LogP contribution in [0.2, 0.25) is 0 Å². The van der Waals surface area contributed by atoms with E-state index in [1.165, 1.54) is 5.56 Å². The van der Waals surface area contributed by atoms with E-state index < -0.39 is 0 Å². The van der Waals surface area contributed by atoms with Gasteiger partial charge in [-0.3, -0.25) is 0 Å². The summed E-state index contributed by atoms with van der Waals surface area (Å²) in [6.07, 6.45) is 0. The average molecular weight is 335 g/mol. The minimum atomic E-state index is 0.405. The number of rotatable bonds is 4. The first-order chi connectivity index (χ1) is 9.09. The third-order valence-electron chi connectivity index (χ3n) is 2.91. The van der Waals surface area contributed by atoms with Gasteiger partial charge in [-0.05, 0) is 33.6 Å². The van der Waals surface area contributed by atoms with Gasteiger partial charge in [0.1, 0.15) is 4.99 Å². The van der Waals surface area contributed by atoms with Crippen LogP contribution >= 0.6 is 28.1 Å². The molecule has 0 unspecified atom stereocenters. The molecule has 2 N–H and O–H groups in total. The van der Waals surface area contributed by atoms with Crippen LogP contribution in [0.15, 0.2) is 53.0 Å². The maximum Gasteiger partial charge on any atom is 0.107 e.